The summed E-state index contributed by atoms with van der Waals surface area (Å²) >= 11 is 0. The summed E-state index contributed by atoms with van der Waals surface area (Å²) in [6, 6.07) is 16.7. The lowest BCUT2D eigenvalue weighted by molar-refractivity contribution is -0.123. The van der Waals surface area contributed by atoms with Crippen molar-refractivity contribution in [1.29, 1.82) is 0 Å². The molecule has 0 aromatic heterocycles. The van der Waals surface area contributed by atoms with Gasteiger partial charge in [0, 0.05) is 11.6 Å². The molecular weight excluding hydrogens is 318 g/mol. The summed E-state index contributed by atoms with van der Waals surface area (Å²) in [7, 11) is 1.56. The van der Waals surface area contributed by atoms with E-state index in [4.69, 9.17) is 4.74 Å². The monoisotopic (exact) mass is 337 g/mol. The number of nitrogens with zero attached hydrogens (tertiary/aromatic N) is 1. The second-order valence-corrected chi connectivity index (χ2v) is 5.00. The number of ether oxygens (including phenoxy) is 1. The van der Waals surface area contributed by atoms with Gasteiger partial charge >= 0.3 is 0 Å². The lowest BCUT2D eigenvalue weighted by Crippen LogP contribution is -2.34. The molecule has 0 radical (unpaired) electrons. The van der Waals surface area contributed by atoms with E-state index in [0.29, 0.717) is 5.75 Å². The van der Waals surface area contributed by atoms with Crippen molar-refractivity contribution in [1.82, 2.24) is 10.7 Å². The first-order valence-electron chi connectivity index (χ1n) is 7.65. The summed E-state index contributed by atoms with van der Waals surface area (Å²) < 4.78 is 5.19. The Morgan fingerprint density at radius 3 is 2.56 bits per heavy atom. The number of hydrogen-bond acceptors (Lipinski definition) is 4. The molecule has 2 aromatic rings. The maximum atomic E-state index is 11.8. The number of carbonyl (C=O) groups is 2. The summed E-state index contributed by atoms with van der Waals surface area (Å²) in [5.74, 6) is -0.126. The van der Waals surface area contributed by atoms with Crippen LogP contribution < -0.4 is 15.5 Å². The van der Waals surface area contributed by atoms with E-state index in [0.717, 1.165) is 11.1 Å². The molecule has 0 bridgehead atoms. The molecule has 0 atom stereocenters. The molecule has 2 aromatic carbocycles. The van der Waals surface area contributed by atoms with Gasteiger partial charge in [-0.05, 0) is 17.7 Å². The van der Waals surface area contributed by atoms with Crippen molar-refractivity contribution in [2.45, 2.75) is 0 Å². The summed E-state index contributed by atoms with van der Waals surface area (Å²) in [4.78, 5) is 23.4. The molecule has 0 unspecified atom stereocenters. The lowest BCUT2D eigenvalue weighted by Gasteiger charge is -2.04. The Labute approximate surface area is 146 Å². The Bertz CT molecular complexity index is 770. The average Bonchev–Trinajstić information content (AvgIpc) is 2.65. The fourth-order valence-corrected chi connectivity index (χ4v) is 1.95. The average molecular weight is 337 g/mol. The van der Waals surface area contributed by atoms with Crippen LogP contribution in [-0.4, -0.2) is 31.7 Å². The molecule has 0 saturated heterocycles. The third-order valence-electron chi connectivity index (χ3n) is 3.18. The minimum atomic E-state index is -0.411. The molecule has 0 aliphatic carbocycles. The van der Waals surface area contributed by atoms with Crippen molar-refractivity contribution in [2.75, 3.05) is 13.7 Å². The van der Waals surface area contributed by atoms with Crippen molar-refractivity contribution in [3.05, 3.63) is 71.8 Å². The highest BCUT2D eigenvalue weighted by molar-refractivity contribution is 5.94. The van der Waals surface area contributed by atoms with Crippen molar-refractivity contribution >= 4 is 24.1 Å². The minimum Gasteiger partial charge on any atom is -0.496 e. The van der Waals surface area contributed by atoms with Crippen LogP contribution in [-0.2, 0) is 9.59 Å². The van der Waals surface area contributed by atoms with Gasteiger partial charge in [-0.15, -0.1) is 0 Å². The van der Waals surface area contributed by atoms with Crippen LogP contribution in [0.15, 0.2) is 65.8 Å². The van der Waals surface area contributed by atoms with Crippen LogP contribution in [0, 0.1) is 0 Å². The van der Waals surface area contributed by atoms with Crippen LogP contribution in [0.3, 0.4) is 0 Å². The Balaban J connectivity index is 1.76. The first-order valence-corrected chi connectivity index (χ1v) is 7.65. The summed E-state index contributed by atoms with van der Waals surface area (Å²) in [5, 5.41) is 6.31. The first-order chi connectivity index (χ1) is 12.2. The van der Waals surface area contributed by atoms with Crippen LogP contribution >= 0.6 is 0 Å². The smallest absolute Gasteiger partial charge is 0.259 e. The quantitative estimate of drug-likeness (QED) is 0.460. The summed E-state index contributed by atoms with van der Waals surface area (Å²) in [5.41, 5.74) is 3.99. The molecule has 6 heteroatoms. The Morgan fingerprint density at radius 2 is 1.80 bits per heavy atom. The van der Waals surface area contributed by atoms with Crippen LogP contribution in [0.4, 0.5) is 0 Å². The molecule has 128 valence electrons. The van der Waals surface area contributed by atoms with Crippen molar-refractivity contribution < 1.29 is 14.3 Å². The SMILES string of the molecule is COc1ccccc1/C=C/C(=O)NCC(=O)NN=Cc1ccccc1. The zero-order valence-electron chi connectivity index (χ0n) is 13.8. The van der Waals surface area contributed by atoms with Crippen LogP contribution in [0.5, 0.6) is 5.75 Å². The van der Waals surface area contributed by atoms with Gasteiger partial charge in [-0.1, -0.05) is 48.5 Å². The number of amides is 2. The van der Waals surface area contributed by atoms with E-state index >= 15 is 0 Å². The molecule has 0 heterocycles. The van der Waals surface area contributed by atoms with E-state index in [1.807, 2.05) is 48.5 Å². The Morgan fingerprint density at radius 1 is 1.08 bits per heavy atom. The number of carbonyl (C=O) groups excluding carboxylic acids is 2. The van der Waals surface area contributed by atoms with E-state index in [2.05, 4.69) is 15.8 Å². The zero-order chi connectivity index (χ0) is 17.9. The molecule has 0 spiro atoms. The van der Waals surface area contributed by atoms with Gasteiger partial charge in [0.2, 0.25) is 5.91 Å². The van der Waals surface area contributed by atoms with E-state index in [1.165, 1.54) is 12.3 Å². The molecule has 2 N–H and O–H groups in total. The van der Waals surface area contributed by atoms with Crippen molar-refractivity contribution in [2.24, 2.45) is 5.10 Å². The molecule has 25 heavy (non-hydrogen) atoms. The molecule has 2 amide bonds. The second-order valence-electron chi connectivity index (χ2n) is 5.00. The van der Waals surface area contributed by atoms with Gasteiger partial charge in [0.05, 0.1) is 19.9 Å². The Kier molecular flexibility index (Phi) is 6.94. The van der Waals surface area contributed by atoms with Gasteiger partial charge in [-0.3, -0.25) is 9.59 Å². The largest absolute Gasteiger partial charge is 0.496 e. The normalized spacial score (nSPS) is 10.8. The predicted octanol–water partition coefficient (Wildman–Crippen LogP) is 1.97. The second kappa shape index (κ2) is 9.67. The van der Waals surface area contributed by atoms with Gasteiger partial charge < -0.3 is 10.1 Å². The van der Waals surface area contributed by atoms with Crippen LogP contribution in [0.25, 0.3) is 6.08 Å². The number of nitrogens with one attached hydrogen (secondary N) is 2. The maximum absolute atomic E-state index is 11.8. The van der Waals surface area contributed by atoms with Crippen molar-refractivity contribution in [3.63, 3.8) is 0 Å². The third-order valence-corrected chi connectivity index (χ3v) is 3.18. The lowest BCUT2D eigenvalue weighted by atomic mass is 10.2. The standard InChI is InChI=1S/C19H19N3O3/c1-25-17-10-6-5-9-16(17)11-12-18(23)20-14-19(24)22-21-13-15-7-3-2-4-8-15/h2-13H,14H2,1H3,(H,20,23)(H,22,24)/b12-11+,21-13?. The van der Waals surface area contributed by atoms with Gasteiger partial charge in [0.15, 0.2) is 0 Å². The molecule has 0 aliphatic rings. The van der Waals surface area contributed by atoms with Gasteiger partial charge in [0.25, 0.3) is 5.91 Å². The van der Waals surface area contributed by atoms with E-state index in [9.17, 15) is 9.59 Å². The van der Waals surface area contributed by atoms with E-state index in [1.54, 1.807) is 19.3 Å². The number of benzene rings is 2. The Hall–Kier alpha value is -3.41. The highest BCUT2D eigenvalue weighted by Crippen LogP contribution is 2.18. The summed E-state index contributed by atoms with van der Waals surface area (Å²) in [6.07, 6.45) is 4.50. The summed E-state index contributed by atoms with van der Waals surface area (Å²) in [6.45, 7) is -0.165. The third kappa shape index (κ3) is 6.31. The molecule has 0 saturated carbocycles. The van der Waals surface area contributed by atoms with Gasteiger partial charge in [-0.2, -0.15) is 5.10 Å². The predicted molar refractivity (Wildman–Crippen MR) is 97.2 cm³/mol. The van der Waals surface area contributed by atoms with Crippen LogP contribution in [0.1, 0.15) is 11.1 Å². The number of rotatable bonds is 7. The highest BCUT2D eigenvalue weighted by atomic mass is 16.5. The number of methoxy groups -OCH3 is 1. The molecule has 2 rings (SSSR count). The maximum Gasteiger partial charge on any atom is 0.259 e. The van der Waals surface area contributed by atoms with Crippen LogP contribution in [0.2, 0.25) is 0 Å². The van der Waals surface area contributed by atoms with Crippen molar-refractivity contribution in [3.8, 4) is 5.75 Å². The number of para-hydroxylation sites is 1. The minimum absolute atomic E-state index is 0.165. The van der Waals surface area contributed by atoms with E-state index < -0.39 is 5.91 Å². The fraction of sp³-hybridized carbons (Fsp3) is 0.105. The number of hydrogen-bond donors (Lipinski definition) is 2. The molecular formula is C19H19N3O3. The van der Waals surface area contributed by atoms with E-state index in [-0.39, 0.29) is 12.5 Å². The number of hydrazone groups is 1. The zero-order valence-corrected chi connectivity index (χ0v) is 13.8. The fourth-order valence-electron chi connectivity index (χ4n) is 1.95. The van der Waals surface area contributed by atoms with Gasteiger partial charge in [0.1, 0.15) is 5.75 Å². The molecule has 6 nitrogen and oxygen atoms in total. The molecule has 0 aliphatic heterocycles. The topological polar surface area (TPSA) is 79.8 Å². The first kappa shape index (κ1) is 17.9. The highest BCUT2D eigenvalue weighted by Gasteiger charge is 2.02. The molecule has 0 fully saturated rings. The van der Waals surface area contributed by atoms with Gasteiger partial charge in [-0.25, -0.2) is 5.43 Å².